The third kappa shape index (κ3) is 3.71. The first-order chi connectivity index (χ1) is 13.7. The predicted octanol–water partition coefficient (Wildman–Crippen LogP) is 5.13. The average molecular weight is 373 g/mol. The van der Waals surface area contributed by atoms with Crippen LogP contribution < -0.4 is 5.32 Å². The highest BCUT2D eigenvalue weighted by molar-refractivity contribution is 5.96. The van der Waals surface area contributed by atoms with Crippen LogP contribution in [0, 0.1) is 0 Å². The van der Waals surface area contributed by atoms with Crippen molar-refractivity contribution in [1.29, 1.82) is 0 Å². The van der Waals surface area contributed by atoms with Crippen LogP contribution in [0.4, 0.5) is 5.69 Å². The molecule has 1 N–H and O–H groups in total. The minimum absolute atomic E-state index is 0.0284. The van der Waals surface area contributed by atoms with Crippen LogP contribution in [0.15, 0.2) is 81.8 Å². The van der Waals surface area contributed by atoms with Crippen LogP contribution in [0.1, 0.15) is 24.8 Å². The van der Waals surface area contributed by atoms with Gasteiger partial charge in [-0.05, 0) is 48.4 Å². The van der Waals surface area contributed by atoms with Gasteiger partial charge in [-0.1, -0.05) is 37.3 Å². The van der Waals surface area contributed by atoms with Gasteiger partial charge in [-0.2, -0.15) is 0 Å². The topological polar surface area (TPSA) is 81.2 Å². The van der Waals surface area contributed by atoms with Crippen molar-refractivity contribution in [3.05, 3.63) is 78.6 Å². The van der Waals surface area contributed by atoms with Gasteiger partial charge in [-0.15, -0.1) is 10.2 Å². The molecular weight excluding hydrogens is 354 g/mol. The fourth-order valence-corrected chi connectivity index (χ4v) is 3.02. The SMILES string of the molecule is CC[C@H](C(=O)Nc1ccc(-c2nnc(-c3ccco3)o2)cc1)c1ccccc1. The van der Waals surface area contributed by atoms with Crippen LogP contribution in [-0.2, 0) is 4.79 Å². The second kappa shape index (κ2) is 7.92. The van der Waals surface area contributed by atoms with E-state index in [-0.39, 0.29) is 11.8 Å². The predicted molar refractivity (Wildman–Crippen MR) is 106 cm³/mol. The number of nitrogens with one attached hydrogen (secondary N) is 1. The number of carbonyl (C=O) groups is 1. The van der Waals surface area contributed by atoms with Crippen molar-refractivity contribution in [3.8, 4) is 23.1 Å². The lowest BCUT2D eigenvalue weighted by Gasteiger charge is -2.15. The van der Waals surface area contributed by atoms with E-state index in [2.05, 4.69) is 15.5 Å². The van der Waals surface area contributed by atoms with Crippen molar-refractivity contribution in [3.63, 3.8) is 0 Å². The Hall–Kier alpha value is -3.67. The molecule has 2 aromatic carbocycles. The molecule has 6 nitrogen and oxygen atoms in total. The molecule has 6 heteroatoms. The minimum atomic E-state index is -0.187. The highest BCUT2D eigenvalue weighted by atomic mass is 16.4. The lowest BCUT2D eigenvalue weighted by atomic mass is 9.95. The van der Waals surface area contributed by atoms with Gasteiger partial charge >= 0.3 is 0 Å². The Labute approximate surface area is 162 Å². The Morgan fingerprint density at radius 2 is 1.71 bits per heavy atom. The summed E-state index contributed by atoms with van der Waals surface area (Å²) in [6.07, 6.45) is 2.28. The van der Waals surface area contributed by atoms with Crippen LogP contribution in [0.2, 0.25) is 0 Å². The number of anilines is 1. The van der Waals surface area contributed by atoms with E-state index < -0.39 is 0 Å². The van der Waals surface area contributed by atoms with Crippen LogP contribution in [0.3, 0.4) is 0 Å². The van der Waals surface area contributed by atoms with Crippen molar-refractivity contribution < 1.29 is 13.6 Å². The van der Waals surface area contributed by atoms with E-state index in [0.717, 1.165) is 17.5 Å². The maximum atomic E-state index is 12.7. The van der Waals surface area contributed by atoms with Crippen LogP contribution in [-0.4, -0.2) is 16.1 Å². The summed E-state index contributed by atoms with van der Waals surface area (Å²) in [5, 5.41) is 11.0. The van der Waals surface area contributed by atoms with E-state index in [1.807, 2.05) is 61.5 Å². The maximum Gasteiger partial charge on any atom is 0.283 e. The molecule has 28 heavy (non-hydrogen) atoms. The minimum Gasteiger partial charge on any atom is -0.459 e. The Morgan fingerprint density at radius 1 is 0.964 bits per heavy atom. The normalized spacial score (nSPS) is 11.9. The zero-order valence-corrected chi connectivity index (χ0v) is 15.3. The Bertz CT molecular complexity index is 1040. The van der Waals surface area contributed by atoms with Gasteiger partial charge in [0, 0.05) is 11.3 Å². The fourth-order valence-electron chi connectivity index (χ4n) is 3.02. The van der Waals surface area contributed by atoms with Gasteiger partial charge in [0.2, 0.25) is 11.8 Å². The number of nitrogens with zero attached hydrogens (tertiary/aromatic N) is 2. The molecule has 0 fully saturated rings. The van der Waals surface area contributed by atoms with E-state index in [9.17, 15) is 4.79 Å². The summed E-state index contributed by atoms with van der Waals surface area (Å²) in [7, 11) is 0. The molecule has 0 aliphatic heterocycles. The molecular formula is C22H19N3O3. The van der Waals surface area contributed by atoms with Gasteiger partial charge in [-0.25, -0.2) is 0 Å². The number of rotatable bonds is 6. The van der Waals surface area contributed by atoms with Gasteiger partial charge in [-0.3, -0.25) is 4.79 Å². The quantitative estimate of drug-likeness (QED) is 0.507. The zero-order chi connectivity index (χ0) is 19.3. The molecule has 2 aromatic heterocycles. The van der Waals surface area contributed by atoms with Gasteiger partial charge in [0.1, 0.15) is 0 Å². The monoisotopic (exact) mass is 373 g/mol. The average Bonchev–Trinajstić information content (AvgIpc) is 3.42. The van der Waals surface area contributed by atoms with E-state index in [4.69, 9.17) is 8.83 Å². The highest BCUT2D eigenvalue weighted by Gasteiger charge is 2.18. The third-order valence-corrected chi connectivity index (χ3v) is 4.48. The summed E-state index contributed by atoms with van der Waals surface area (Å²) in [6, 6.07) is 20.6. The Kier molecular flexibility index (Phi) is 5.01. The van der Waals surface area contributed by atoms with Crippen LogP contribution >= 0.6 is 0 Å². The summed E-state index contributed by atoms with van der Waals surface area (Å²) < 4.78 is 10.9. The number of furan rings is 1. The first kappa shape index (κ1) is 17.7. The van der Waals surface area contributed by atoms with Crippen molar-refractivity contribution in [1.82, 2.24) is 10.2 Å². The number of benzene rings is 2. The molecule has 1 atom stereocenters. The fraction of sp³-hybridized carbons (Fsp3) is 0.136. The Balaban J connectivity index is 1.47. The first-order valence-electron chi connectivity index (χ1n) is 9.08. The summed E-state index contributed by atoms with van der Waals surface area (Å²) in [6.45, 7) is 2.01. The highest BCUT2D eigenvalue weighted by Crippen LogP contribution is 2.26. The van der Waals surface area contributed by atoms with E-state index in [1.54, 1.807) is 18.4 Å². The summed E-state index contributed by atoms with van der Waals surface area (Å²) in [5.41, 5.74) is 2.49. The second-order valence-electron chi connectivity index (χ2n) is 6.33. The van der Waals surface area contributed by atoms with Gasteiger partial charge in [0.25, 0.3) is 5.89 Å². The Morgan fingerprint density at radius 3 is 2.39 bits per heavy atom. The molecule has 2 heterocycles. The number of carbonyl (C=O) groups excluding carboxylic acids is 1. The van der Waals surface area contributed by atoms with Gasteiger partial charge < -0.3 is 14.2 Å². The number of hydrogen-bond donors (Lipinski definition) is 1. The van der Waals surface area contributed by atoms with Crippen molar-refractivity contribution in [2.75, 3.05) is 5.32 Å². The van der Waals surface area contributed by atoms with Gasteiger partial charge in [0.15, 0.2) is 5.76 Å². The molecule has 0 aliphatic carbocycles. The molecule has 0 saturated carbocycles. The molecule has 0 spiro atoms. The number of amides is 1. The number of hydrogen-bond acceptors (Lipinski definition) is 5. The largest absolute Gasteiger partial charge is 0.459 e. The molecule has 140 valence electrons. The summed E-state index contributed by atoms with van der Waals surface area (Å²) in [4.78, 5) is 12.7. The maximum absolute atomic E-state index is 12.7. The van der Waals surface area contributed by atoms with Crippen molar-refractivity contribution >= 4 is 11.6 Å². The van der Waals surface area contributed by atoms with Crippen molar-refractivity contribution in [2.24, 2.45) is 0 Å². The van der Waals surface area contributed by atoms with Gasteiger partial charge in [0.05, 0.1) is 12.2 Å². The molecule has 0 bridgehead atoms. The lowest BCUT2D eigenvalue weighted by molar-refractivity contribution is -0.117. The summed E-state index contributed by atoms with van der Waals surface area (Å²) >= 11 is 0. The van der Waals surface area contributed by atoms with E-state index >= 15 is 0 Å². The molecule has 1 amide bonds. The summed E-state index contributed by atoms with van der Waals surface area (Å²) in [5.74, 6) is 1.02. The van der Waals surface area contributed by atoms with Crippen molar-refractivity contribution in [2.45, 2.75) is 19.3 Å². The zero-order valence-electron chi connectivity index (χ0n) is 15.3. The number of aromatic nitrogens is 2. The first-order valence-corrected chi connectivity index (χ1v) is 9.08. The lowest BCUT2D eigenvalue weighted by Crippen LogP contribution is -2.20. The molecule has 0 unspecified atom stereocenters. The van der Waals surface area contributed by atoms with Crippen LogP contribution in [0.5, 0.6) is 0 Å². The standard InChI is InChI=1S/C22H19N3O3/c1-2-18(15-7-4-3-5-8-15)20(26)23-17-12-10-16(11-13-17)21-24-25-22(28-21)19-9-6-14-27-19/h3-14,18H,2H2,1H3,(H,23,26)/t18-/m0/s1. The van der Waals surface area contributed by atoms with Crippen LogP contribution in [0.25, 0.3) is 23.1 Å². The second-order valence-corrected chi connectivity index (χ2v) is 6.33. The molecule has 0 aliphatic rings. The molecule has 0 radical (unpaired) electrons. The smallest absolute Gasteiger partial charge is 0.283 e. The van der Waals surface area contributed by atoms with E-state index in [1.165, 1.54) is 0 Å². The molecule has 4 aromatic rings. The van der Waals surface area contributed by atoms with E-state index in [0.29, 0.717) is 23.2 Å². The molecule has 4 rings (SSSR count). The molecule has 0 saturated heterocycles. The third-order valence-electron chi connectivity index (χ3n) is 4.48.